The maximum absolute atomic E-state index is 12.3. The average molecular weight is 383 g/mol. The largest absolute Gasteiger partial charge is 0.494 e. The molecule has 0 radical (unpaired) electrons. The molecule has 0 spiro atoms. The number of carboxylic acid groups (broad SMARTS) is 1. The van der Waals surface area contributed by atoms with Crippen molar-refractivity contribution in [2.45, 2.75) is 56.0 Å². The lowest BCUT2D eigenvalue weighted by Crippen LogP contribution is -2.44. The predicted octanol–water partition coefficient (Wildman–Crippen LogP) is 2.10. The van der Waals surface area contributed by atoms with E-state index in [0.717, 1.165) is 19.1 Å². The molecule has 0 aromatic heterocycles. The number of aliphatic carboxylic acids is 1. The van der Waals surface area contributed by atoms with Crippen LogP contribution in [0.15, 0.2) is 29.2 Å². The number of carboxylic acids is 1. The molecule has 0 saturated heterocycles. The molecule has 1 unspecified atom stereocenters. The molecule has 26 heavy (non-hydrogen) atoms. The Morgan fingerprint density at radius 2 is 1.85 bits per heavy atom. The first-order valence-corrected chi connectivity index (χ1v) is 10.6. The van der Waals surface area contributed by atoms with Gasteiger partial charge in [0, 0.05) is 18.7 Å². The molecule has 2 rings (SSSR count). The molecule has 1 aliphatic carbocycles. The third-order valence-electron chi connectivity index (χ3n) is 4.31. The summed E-state index contributed by atoms with van der Waals surface area (Å²) in [7, 11) is -3.22. The van der Waals surface area contributed by atoms with Crippen molar-refractivity contribution < 1.29 is 27.9 Å². The van der Waals surface area contributed by atoms with Gasteiger partial charge in [-0.1, -0.05) is 0 Å². The van der Waals surface area contributed by atoms with Gasteiger partial charge in [-0.3, -0.25) is 4.79 Å². The Morgan fingerprint density at radius 1 is 1.23 bits per heavy atom. The standard InChI is InChI=1S/C18H25NO6S/c1-13(18(21)22)19(14-6-7-14)17(20)5-3-4-12-25-15-8-10-16(11-9-15)26(2,23)24/h8-11,13-14H,3-7,12H2,1-2H3,(H,21,22). The molecular formula is C18H25NO6S. The molecule has 1 atom stereocenters. The van der Waals surface area contributed by atoms with Gasteiger partial charge < -0.3 is 14.7 Å². The molecular weight excluding hydrogens is 358 g/mol. The first kappa shape index (κ1) is 20.2. The zero-order valence-corrected chi connectivity index (χ0v) is 15.9. The van der Waals surface area contributed by atoms with E-state index in [1.54, 1.807) is 19.1 Å². The number of sulfone groups is 1. The second-order valence-electron chi connectivity index (χ2n) is 6.60. The molecule has 1 aromatic carbocycles. The SMILES string of the molecule is CC(C(=O)O)N(C(=O)CCCCOc1ccc(S(C)(=O)=O)cc1)C1CC1. The van der Waals surface area contributed by atoms with Gasteiger partial charge in [-0.25, -0.2) is 13.2 Å². The van der Waals surface area contributed by atoms with Crippen LogP contribution in [-0.4, -0.2) is 55.2 Å². The average Bonchev–Trinajstić information content (AvgIpc) is 3.39. The number of benzene rings is 1. The van der Waals surface area contributed by atoms with Crippen molar-refractivity contribution in [3.63, 3.8) is 0 Å². The minimum absolute atomic E-state index is 0.0678. The summed E-state index contributed by atoms with van der Waals surface area (Å²) in [6.45, 7) is 1.95. The van der Waals surface area contributed by atoms with Crippen LogP contribution in [0.1, 0.15) is 39.0 Å². The minimum atomic E-state index is -3.22. The summed E-state index contributed by atoms with van der Waals surface area (Å²) in [5, 5.41) is 9.13. The number of carbonyl (C=O) groups excluding carboxylic acids is 1. The van der Waals surface area contributed by atoms with E-state index in [1.165, 1.54) is 17.0 Å². The van der Waals surface area contributed by atoms with Crippen LogP contribution in [0.25, 0.3) is 0 Å². The van der Waals surface area contributed by atoms with Crippen LogP contribution in [0.2, 0.25) is 0 Å². The second kappa shape index (κ2) is 8.53. The van der Waals surface area contributed by atoms with Crippen LogP contribution in [0.4, 0.5) is 0 Å². The van der Waals surface area contributed by atoms with Crippen LogP contribution in [-0.2, 0) is 19.4 Å². The van der Waals surface area contributed by atoms with E-state index in [9.17, 15) is 18.0 Å². The van der Waals surface area contributed by atoms with Crippen molar-refractivity contribution >= 4 is 21.7 Å². The van der Waals surface area contributed by atoms with Crippen LogP contribution < -0.4 is 4.74 Å². The van der Waals surface area contributed by atoms with Gasteiger partial charge in [0.25, 0.3) is 0 Å². The summed E-state index contributed by atoms with van der Waals surface area (Å²) >= 11 is 0. The van der Waals surface area contributed by atoms with Gasteiger partial charge in [-0.05, 0) is 56.9 Å². The van der Waals surface area contributed by atoms with E-state index in [0.29, 0.717) is 31.6 Å². The summed E-state index contributed by atoms with van der Waals surface area (Å²) in [4.78, 5) is 25.2. The fourth-order valence-electron chi connectivity index (χ4n) is 2.69. The molecule has 0 heterocycles. The summed E-state index contributed by atoms with van der Waals surface area (Å²) in [5.74, 6) is -0.533. The highest BCUT2D eigenvalue weighted by Gasteiger charge is 2.37. The number of ether oxygens (including phenoxy) is 1. The van der Waals surface area contributed by atoms with E-state index in [2.05, 4.69) is 0 Å². The summed E-state index contributed by atoms with van der Waals surface area (Å²) in [6, 6.07) is 5.47. The van der Waals surface area contributed by atoms with Crippen LogP contribution in [0, 0.1) is 0 Å². The van der Waals surface area contributed by atoms with Crippen molar-refractivity contribution in [1.82, 2.24) is 4.90 Å². The number of rotatable bonds is 10. The fourth-order valence-corrected chi connectivity index (χ4v) is 3.32. The van der Waals surface area contributed by atoms with Crippen molar-refractivity contribution in [3.8, 4) is 5.75 Å². The maximum Gasteiger partial charge on any atom is 0.326 e. The molecule has 7 nitrogen and oxygen atoms in total. The lowest BCUT2D eigenvalue weighted by molar-refractivity contribution is -0.150. The Kier molecular flexibility index (Phi) is 6.63. The van der Waals surface area contributed by atoms with Crippen LogP contribution in [0.3, 0.4) is 0 Å². The molecule has 1 fully saturated rings. The highest BCUT2D eigenvalue weighted by molar-refractivity contribution is 7.90. The second-order valence-corrected chi connectivity index (χ2v) is 8.61. The van der Waals surface area contributed by atoms with E-state index < -0.39 is 21.8 Å². The number of unbranched alkanes of at least 4 members (excludes halogenated alkanes) is 1. The van der Waals surface area contributed by atoms with Crippen LogP contribution in [0.5, 0.6) is 5.75 Å². The zero-order chi connectivity index (χ0) is 19.3. The van der Waals surface area contributed by atoms with Gasteiger partial charge >= 0.3 is 5.97 Å². The number of amides is 1. The van der Waals surface area contributed by atoms with Crippen molar-refractivity contribution in [3.05, 3.63) is 24.3 Å². The van der Waals surface area contributed by atoms with Crippen molar-refractivity contribution in [2.24, 2.45) is 0 Å². The molecule has 144 valence electrons. The fraction of sp³-hybridized carbons (Fsp3) is 0.556. The molecule has 1 N–H and O–H groups in total. The topological polar surface area (TPSA) is 101 Å². The summed E-state index contributed by atoms with van der Waals surface area (Å²) < 4.78 is 28.3. The quantitative estimate of drug-likeness (QED) is 0.621. The smallest absolute Gasteiger partial charge is 0.326 e. The zero-order valence-electron chi connectivity index (χ0n) is 15.1. The Balaban J connectivity index is 1.73. The van der Waals surface area contributed by atoms with Crippen molar-refractivity contribution in [1.29, 1.82) is 0 Å². The van der Waals surface area contributed by atoms with Gasteiger partial charge in [0.05, 0.1) is 11.5 Å². The van der Waals surface area contributed by atoms with Gasteiger partial charge in [-0.2, -0.15) is 0 Å². The predicted molar refractivity (Wildman–Crippen MR) is 95.9 cm³/mol. The first-order valence-electron chi connectivity index (χ1n) is 8.67. The number of hydrogen-bond acceptors (Lipinski definition) is 5. The third kappa shape index (κ3) is 5.72. The Hall–Kier alpha value is -2.09. The Bertz CT molecular complexity index is 739. The first-order chi connectivity index (χ1) is 12.2. The Morgan fingerprint density at radius 3 is 2.35 bits per heavy atom. The normalized spacial score (nSPS) is 15.3. The van der Waals surface area contributed by atoms with E-state index in [4.69, 9.17) is 9.84 Å². The number of hydrogen-bond donors (Lipinski definition) is 1. The molecule has 1 amide bonds. The molecule has 0 bridgehead atoms. The third-order valence-corrected chi connectivity index (χ3v) is 5.44. The number of carbonyl (C=O) groups is 2. The number of nitrogens with zero attached hydrogens (tertiary/aromatic N) is 1. The lowest BCUT2D eigenvalue weighted by Gasteiger charge is -2.26. The van der Waals surface area contributed by atoms with Crippen LogP contribution >= 0.6 is 0 Å². The minimum Gasteiger partial charge on any atom is -0.494 e. The molecule has 1 saturated carbocycles. The highest BCUT2D eigenvalue weighted by atomic mass is 32.2. The lowest BCUT2D eigenvalue weighted by atomic mass is 10.2. The molecule has 1 aliphatic rings. The molecule has 8 heteroatoms. The van der Waals surface area contributed by atoms with E-state index >= 15 is 0 Å². The Labute approximate surface area is 153 Å². The van der Waals surface area contributed by atoms with E-state index in [-0.39, 0.29) is 16.8 Å². The summed E-state index contributed by atoms with van der Waals surface area (Å²) in [6.07, 6.45) is 4.45. The van der Waals surface area contributed by atoms with Gasteiger partial charge in [0.15, 0.2) is 9.84 Å². The van der Waals surface area contributed by atoms with Gasteiger partial charge in [0.1, 0.15) is 11.8 Å². The monoisotopic (exact) mass is 383 g/mol. The molecule has 0 aliphatic heterocycles. The summed E-state index contributed by atoms with van der Waals surface area (Å²) in [5.41, 5.74) is 0. The highest BCUT2D eigenvalue weighted by Crippen LogP contribution is 2.29. The molecule has 1 aromatic rings. The van der Waals surface area contributed by atoms with Crippen molar-refractivity contribution in [2.75, 3.05) is 12.9 Å². The van der Waals surface area contributed by atoms with Gasteiger partial charge in [-0.15, -0.1) is 0 Å². The maximum atomic E-state index is 12.3. The van der Waals surface area contributed by atoms with E-state index in [1.807, 2.05) is 0 Å². The van der Waals surface area contributed by atoms with Gasteiger partial charge in [0.2, 0.25) is 5.91 Å².